The zero-order chi connectivity index (χ0) is 13.9. The van der Waals surface area contributed by atoms with Crippen molar-refractivity contribution in [1.82, 2.24) is 4.98 Å². The van der Waals surface area contributed by atoms with Crippen LogP contribution in [-0.2, 0) is 6.42 Å². The van der Waals surface area contributed by atoms with Crippen molar-refractivity contribution in [2.45, 2.75) is 6.42 Å². The Bertz CT molecular complexity index is 715. The molecular formula is C15H12N2OS2. The van der Waals surface area contributed by atoms with E-state index >= 15 is 0 Å². The first-order valence-corrected chi connectivity index (χ1v) is 7.85. The number of nitrogens with zero attached hydrogens (tertiary/aromatic N) is 1. The molecule has 2 heterocycles. The first kappa shape index (κ1) is 13.0. The molecule has 0 atom stereocenters. The Balaban J connectivity index is 1.75. The minimum absolute atomic E-state index is 0.0667. The fourth-order valence-corrected chi connectivity index (χ4v) is 3.39. The number of hydrogen-bond donors (Lipinski definition) is 1. The predicted molar refractivity (Wildman–Crippen MR) is 84.3 cm³/mol. The molecule has 0 unspecified atom stereocenters. The summed E-state index contributed by atoms with van der Waals surface area (Å²) in [4.78, 5) is 17.8. The molecule has 5 heteroatoms. The molecule has 0 radical (unpaired) electrons. The summed E-state index contributed by atoms with van der Waals surface area (Å²) in [6.07, 6.45) is 0.333. The summed E-state index contributed by atoms with van der Waals surface area (Å²) >= 11 is 3.18. The van der Waals surface area contributed by atoms with E-state index < -0.39 is 0 Å². The number of Topliss-reactive ketones (excluding diaryl/α,β-unsaturated/α-hetero) is 1. The number of benzene rings is 1. The summed E-state index contributed by atoms with van der Waals surface area (Å²) in [6, 6.07) is 11.0. The number of nitrogen functional groups attached to an aromatic ring is 1. The molecule has 20 heavy (non-hydrogen) atoms. The zero-order valence-corrected chi connectivity index (χ0v) is 12.2. The van der Waals surface area contributed by atoms with E-state index in [2.05, 4.69) is 4.98 Å². The van der Waals surface area contributed by atoms with Crippen molar-refractivity contribution >= 4 is 34.1 Å². The highest BCUT2D eigenvalue weighted by Gasteiger charge is 2.11. The van der Waals surface area contributed by atoms with Crippen LogP contribution in [0.3, 0.4) is 0 Å². The second-order valence-corrected chi connectivity index (χ2v) is 6.22. The lowest BCUT2D eigenvalue weighted by atomic mass is 10.1. The summed E-state index contributed by atoms with van der Waals surface area (Å²) in [7, 11) is 0. The highest BCUT2D eigenvalue weighted by atomic mass is 32.1. The van der Waals surface area contributed by atoms with E-state index in [1.807, 2.05) is 22.9 Å². The van der Waals surface area contributed by atoms with Gasteiger partial charge in [0.2, 0.25) is 0 Å². The summed E-state index contributed by atoms with van der Waals surface area (Å²) in [5.74, 6) is 0.0667. The minimum atomic E-state index is 0.0667. The van der Waals surface area contributed by atoms with Crippen molar-refractivity contribution in [2.24, 2.45) is 0 Å². The van der Waals surface area contributed by atoms with Crippen LogP contribution >= 0.6 is 22.7 Å². The molecule has 0 bridgehead atoms. The number of anilines is 1. The van der Waals surface area contributed by atoms with Gasteiger partial charge in [0.15, 0.2) is 5.78 Å². The van der Waals surface area contributed by atoms with Crippen LogP contribution in [-0.4, -0.2) is 10.8 Å². The van der Waals surface area contributed by atoms with E-state index in [-0.39, 0.29) is 5.78 Å². The zero-order valence-electron chi connectivity index (χ0n) is 10.6. The van der Waals surface area contributed by atoms with Crippen molar-refractivity contribution in [3.63, 3.8) is 0 Å². The maximum atomic E-state index is 12.1. The van der Waals surface area contributed by atoms with Gasteiger partial charge >= 0.3 is 0 Å². The Morgan fingerprint density at radius 1 is 1.15 bits per heavy atom. The molecule has 2 aromatic heterocycles. The third kappa shape index (κ3) is 2.79. The van der Waals surface area contributed by atoms with Gasteiger partial charge in [-0.15, -0.1) is 22.7 Å². The third-order valence-electron chi connectivity index (χ3n) is 2.87. The first-order chi connectivity index (χ1) is 9.72. The lowest BCUT2D eigenvalue weighted by Gasteiger charge is -1.99. The van der Waals surface area contributed by atoms with Crippen molar-refractivity contribution in [1.29, 1.82) is 0 Å². The van der Waals surface area contributed by atoms with Crippen molar-refractivity contribution in [3.05, 3.63) is 57.7 Å². The normalized spacial score (nSPS) is 10.6. The van der Waals surface area contributed by atoms with Crippen LogP contribution in [0.4, 0.5) is 5.69 Å². The van der Waals surface area contributed by atoms with Crippen LogP contribution in [0, 0.1) is 0 Å². The molecule has 0 fully saturated rings. The molecule has 3 rings (SSSR count). The summed E-state index contributed by atoms with van der Waals surface area (Å²) in [6.45, 7) is 0. The standard InChI is InChI=1S/C15H12N2OS2/c16-11-5-3-10(4-6-11)13(18)8-15-17-12(9-20-15)14-2-1-7-19-14/h1-7,9H,8,16H2. The van der Waals surface area contributed by atoms with Gasteiger partial charge in [-0.05, 0) is 35.7 Å². The van der Waals surface area contributed by atoms with E-state index in [1.54, 1.807) is 35.6 Å². The number of thiophene rings is 1. The van der Waals surface area contributed by atoms with Crippen LogP contribution in [0.2, 0.25) is 0 Å². The smallest absolute Gasteiger partial charge is 0.169 e. The van der Waals surface area contributed by atoms with Crippen molar-refractivity contribution < 1.29 is 4.79 Å². The van der Waals surface area contributed by atoms with Gasteiger partial charge in [-0.3, -0.25) is 4.79 Å². The second kappa shape index (κ2) is 5.56. The van der Waals surface area contributed by atoms with E-state index in [0.717, 1.165) is 15.6 Å². The van der Waals surface area contributed by atoms with E-state index in [4.69, 9.17) is 5.73 Å². The van der Waals surface area contributed by atoms with Crippen LogP contribution in [0.5, 0.6) is 0 Å². The number of rotatable bonds is 4. The Morgan fingerprint density at radius 2 is 1.95 bits per heavy atom. The quantitative estimate of drug-likeness (QED) is 0.587. The largest absolute Gasteiger partial charge is 0.399 e. The lowest BCUT2D eigenvalue weighted by molar-refractivity contribution is 0.0993. The maximum Gasteiger partial charge on any atom is 0.169 e. The molecule has 3 aromatic rings. The molecule has 0 aliphatic heterocycles. The van der Waals surface area contributed by atoms with Gasteiger partial charge in [0.25, 0.3) is 0 Å². The van der Waals surface area contributed by atoms with Gasteiger partial charge in [0.1, 0.15) is 5.01 Å². The van der Waals surface area contributed by atoms with Gasteiger partial charge in [0.05, 0.1) is 17.0 Å². The van der Waals surface area contributed by atoms with Crippen LogP contribution in [0.15, 0.2) is 47.2 Å². The van der Waals surface area contributed by atoms with Gasteiger partial charge < -0.3 is 5.73 Å². The number of carbonyl (C=O) groups excluding carboxylic acids is 1. The first-order valence-electron chi connectivity index (χ1n) is 6.09. The minimum Gasteiger partial charge on any atom is -0.399 e. The molecule has 1 aromatic carbocycles. The summed E-state index contributed by atoms with van der Waals surface area (Å²) in [5, 5.41) is 4.86. The average Bonchev–Trinajstić information content (AvgIpc) is 3.09. The van der Waals surface area contributed by atoms with Crippen molar-refractivity contribution in [2.75, 3.05) is 5.73 Å². The lowest BCUT2D eigenvalue weighted by Crippen LogP contribution is -2.03. The molecular weight excluding hydrogens is 288 g/mol. The highest BCUT2D eigenvalue weighted by molar-refractivity contribution is 7.14. The molecule has 0 saturated heterocycles. The number of hydrogen-bond acceptors (Lipinski definition) is 5. The number of carbonyl (C=O) groups is 1. The fourth-order valence-electron chi connectivity index (χ4n) is 1.84. The van der Waals surface area contributed by atoms with Crippen LogP contribution in [0.1, 0.15) is 15.4 Å². The van der Waals surface area contributed by atoms with Gasteiger partial charge in [0, 0.05) is 16.6 Å². The third-order valence-corrected chi connectivity index (χ3v) is 4.61. The summed E-state index contributed by atoms with van der Waals surface area (Å²) < 4.78 is 0. The molecule has 0 spiro atoms. The van der Waals surface area contributed by atoms with Gasteiger partial charge in [-0.2, -0.15) is 0 Å². The Morgan fingerprint density at radius 3 is 2.65 bits per heavy atom. The molecule has 2 N–H and O–H groups in total. The highest BCUT2D eigenvalue weighted by Crippen LogP contribution is 2.26. The SMILES string of the molecule is Nc1ccc(C(=O)Cc2nc(-c3cccs3)cs2)cc1. The summed E-state index contributed by atoms with van der Waals surface area (Å²) in [5.41, 5.74) is 7.90. The molecule has 3 nitrogen and oxygen atoms in total. The van der Waals surface area contributed by atoms with Crippen molar-refractivity contribution in [3.8, 4) is 10.6 Å². The second-order valence-electron chi connectivity index (χ2n) is 4.33. The number of aromatic nitrogens is 1. The van der Waals surface area contributed by atoms with E-state index in [9.17, 15) is 4.79 Å². The molecule has 0 amide bonds. The average molecular weight is 300 g/mol. The van der Waals surface area contributed by atoms with E-state index in [1.165, 1.54) is 11.3 Å². The molecule has 100 valence electrons. The number of nitrogens with two attached hydrogens (primary N) is 1. The van der Waals surface area contributed by atoms with Gasteiger partial charge in [-0.25, -0.2) is 4.98 Å². The molecule has 0 aliphatic carbocycles. The molecule has 0 saturated carbocycles. The Hall–Kier alpha value is -1.98. The fraction of sp³-hybridized carbons (Fsp3) is 0.0667. The Labute approximate surface area is 124 Å². The number of ketones is 1. The number of thiazole rings is 1. The van der Waals surface area contributed by atoms with Crippen LogP contribution in [0.25, 0.3) is 10.6 Å². The van der Waals surface area contributed by atoms with E-state index in [0.29, 0.717) is 17.7 Å². The van der Waals surface area contributed by atoms with Crippen LogP contribution < -0.4 is 5.73 Å². The monoisotopic (exact) mass is 300 g/mol. The Kier molecular flexibility index (Phi) is 3.62. The van der Waals surface area contributed by atoms with Gasteiger partial charge in [-0.1, -0.05) is 6.07 Å². The maximum absolute atomic E-state index is 12.1. The molecule has 0 aliphatic rings. The predicted octanol–water partition coefficient (Wildman–Crippen LogP) is 3.88. The topological polar surface area (TPSA) is 56.0 Å².